The largest absolute Gasteiger partial charge is 0.473 e. The maximum atomic E-state index is 5.88. The molecule has 0 saturated carbocycles. The van der Waals surface area contributed by atoms with Crippen molar-refractivity contribution in [1.82, 2.24) is 4.98 Å². The Balaban J connectivity index is 2.02. The molecular formula is C17H23N3O. The highest BCUT2D eigenvalue weighted by Gasteiger charge is 2.09. The van der Waals surface area contributed by atoms with Crippen LogP contribution in [0.25, 0.3) is 0 Å². The molecule has 0 aliphatic carbocycles. The lowest BCUT2D eigenvalue weighted by atomic mass is 10.1. The van der Waals surface area contributed by atoms with Gasteiger partial charge >= 0.3 is 0 Å². The number of nitrogens with zero attached hydrogens (tertiary/aromatic N) is 1. The average Bonchev–Trinajstić information content (AvgIpc) is 2.43. The summed E-state index contributed by atoms with van der Waals surface area (Å²) in [7, 11) is 0. The van der Waals surface area contributed by atoms with Gasteiger partial charge in [-0.05, 0) is 44.9 Å². The van der Waals surface area contributed by atoms with E-state index in [1.807, 2.05) is 32.0 Å². The summed E-state index contributed by atoms with van der Waals surface area (Å²) in [5, 5.41) is 3.38. The van der Waals surface area contributed by atoms with Crippen molar-refractivity contribution < 1.29 is 4.74 Å². The van der Waals surface area contributed by atoms with E-state index in [0.29, 0.717) is 11.6 Å². The predicted molar refractivity (Wildman–Crippen MR) is 87.6 cm³/mol. The van der Waals surface area contributed by atoms with Crippen molar-refractivity contribution >= 4 is 11.5 Å². The quantitative estimate of drug-likeness (QED) is 0.853. The van der Waals surface area contributed by atoms with Crippen LogP contribution in [0.3, 0.4) is 0 Å². The second-order valence-electron chi connectivity index (χ2n) is 5.49. The number of nitrogens with two attached hydrogens (primary N) is 1. The van der Waals surface area contributed by atoms with Crippen LogP contribution in [0.5, 0.6) is 5.88 Å². The number of anilines is 2. The first-order valence-electron chi connectivity index (χ1n) is 7.28. The number of nitrogen functional groups attached to an aromatic ring is 1. The van der Waals surface area contributed by atoms with Crippen LogP contribution in [-0.2, 0) is 6.42 Å². The molecule has 0 aliphatic heterocycles. The number of hydrogen-bond donors (Lipinski definition) is 2. The summed E-state index contributed by atoms with van der Waals surface area (Å²) in [4.78, 5) is 4.44. The molecule has 21 heavy (non-hydrogen) atoms. The molecular weight excluding hydrogens is 262 g/mol. The first-order valence-corrected chi connectivity index (χ1v) is 7.28. The summed E-state index contributed by atoms with van der Waals surface area (Å²) in [6.45, 7) is 6.05. The lowest BCUT2D eigenvalue weighted by Crippen LogP contribution is -2.19. The van der Waals surface area contributed by atoms with Gasteiger partial charge in [-0.2, -0.15) is 4.98 Å². The number of pyridine rings is 1. The van der Waals surface area contributed by atoms with Gasteiger partial charge in [-0.1, -0.05) is 30.3 Å². The molecule has 1 heterocycles. The lowest BCUT2D eigenvalue weighted by Gasteiger charge is -2.17. The molecule has 0 bridgehead atoms. The molecule has 112 valence electrons. The maximum Gasteiger partial charge on any atom is 0.239 e. The number of rotatable bonds is 6. The van der Waals surface area contributed by atoms with E-state index in [1.165, 1.54) is 5.56 Å². The third kappa shape index (κ3) is 4.67. The van der Waals surface area contributed by atoms with Crippen LogP contribution in [0.1, 0.15) is 26.3 Å². The summed E-state index contributed by atoms with van der Waals surface area (Å²) in [5.74, 6) is 1.27. The summed E-state index contributed by atoms with van der Waals surface area (Å²) in [6, 6.07) is 14.4. The molecule has 4 nitrogen and oxygen atoms in total. The fraction of sp³-hybridized carbons (Fsp3) is 0.353. The Morgan fingerprint density at radius 3 is 2.48 bits per heavy atom. The Kier molecular flexibility index (Phi) is 5.04. The van der Waals surface area contributed by atoms with Crippen molar-refractivity contribution in [3.63, 3.8) is 0 Å². The fourth-order valence-electron chi connectivity index (χ4n) is 2.12. The molecule has 3 N–H and O–H groups in total. The van der Waals surface area contributed by atoms with Gasteiger partial charge < -0.3 is 15.8 Å². The average molecular weight is 285 g/mol. The zero-order valence-corrected chi connectivity index (χ0v) is 12.8. The third-order valence-corrected chi connectivity index (χ3v) is 3.02. The van der Waals surface area contributed by atoms with Gasteiger partial charge in [-0.15, -0.1) is 0 Å². The van der Waals surface area contributed by atoms with E-state index in [9.17, 15) is 0 Å². The first-order chi connectivity index (χ1) is 10.0. The minimum Gasteiger partial charge on any atom is -0.473 e. The van der Waals surface area contributed by atoms with Crippen LogP contribution in [0.2, 0.25) is 0 Å². The van der Waals surface area contributed by atoms with Crippen molar-refractivity contribution in [2.24, 2.45) is 0 Å². The van der Waals surface area contributed by atoms with E-state index in [2.05, 4.69) is 41.5 Å². The Morgan fingerprint density at radius 2 is 1.81 bits per heavy atom. The Bertz CT molecular complexity index is 570. The van der Waals surface area contributed by atoms with Crippen LogP contribution in [-0.4, -0.2) is 17.1 Å². The molecule has 1 unspecified atom stereocenters. The monoisotopic (exact) mass is 285 g/mol. The minimum atomic E-state index is 0.0526. The predicted octanol–water partition coefficient (Wildman–Crippen LogP) is 3.49. The topological polar surface area (TPSA) is 60.2 Å². The summed E-state index contributed by atoms with van der Waals surface area (Å²) in [6.07, 6.45) is 0.990. The Hall–Kier alpha value is -2.23. The lowest BCUT2D eigenvalue weighted by molar-refractivity contribution is 0.234. The smallest absolute Gasteiger partial charge is 0.239 e. The van der Waals surface area contributed by atoms with Gasteiger partial charge in [0.25, 0.3) is 0 Å². The minimum absolute atomic E-state index is 0.0526. The number of hydrogen-bond acceptors (Lipinski definition) is 4. The highest BCUT2D eigenvalue weighted by atomic mass is 16.5. The maximum absolute atomic E-state index is 5.88. The van der Waals surface area contributed by atoms with Crippen LogP contribution < -0.4 is 15.8 Å². The normalized spacial score (nSPS) is 12.2. The van der Waals surface area contributed by atoms with E-state index in [1.54, 1.807) is 0 Å². The van der Waals surface area contributed by atoms with Gasteiger partial charge in [0.05, 0.1) is 11.8 Å². The molecule has 0 spiro atoms. The van der Waals surface area contributed by atoms with Gasteiger partial charge in [0.2, 0.25) is 5.88 Å². The zero-order valence-electron chi connectivity index (χ0n) is 12.8. The molecule has 1 aromatic carbocycles. The van der Waals surface area contributed by atoms with Crippen molar-refractivity contribution in [2.45, 2.75) is 39.3 Å². The zero-order chi connectivity index (χ0) is 15.2. The molecule has 0 saturated heterocycles. The highest BCUT2D eigenvalue weighted by molar-refractivity contribution is 5.54. The van der Waals surface area contributed by atoms with Gasteiger partial charge in [0.1, 0.15) is 5.82 Å². The number of ether oxygens (including phenoxy) is 1. The summed E-state index contributed by atoms with van der Waals surface area (Å²) in [5.41, 5.74) is 7.73. The van der Waals surface area contributed by atoms with Crippen molar-refractivity contribution in [1.29, 1.82) is 0 Å². The molecule has 2 aromatic rings. The Labute approximate surface area is 126 Å². The van der Waals surface area contributed by atoms with Crippen LogP contribution in [0, 0.1) is 0 Å². The molecule has 2 rings (SSSR count). The Morgan fingerprint density at radius 1 is 1.10 bits per heavy atom. The molecule has 0 amide bonds. The third-order valence-electron chi connectivity index (χ3n) is 3.02. The van der Waals surface area contributed by atoms with E-state index >= 15 is 0 Å². The van der Waals surface area contributed by atoms with E-state index in [0.717, 1.165) is 12.2 Å². The molecule has 0 fully saturated rings. The summed E-state index contributed by atoms with van der Waals surface area (Å²) >= 11 is 0. The van der Waals surface area contributed by atoms with Gasteiger partial charge in [-0.25, -0.2) is 0 Å². The SMILES string of the molecule is CC(Cc1ccccc1)Nc1ccc(N)c(OC(C)C)n1. The molecule has 4 heteroatoms. The van der Waals surface area contributed by atoms with E-state index in [4.69, 9.17) is 10.5 Å². The van der Waals surface area contributed by atoms with E-state index in [-0.39, 0.29) is 12.1 Å². The van der Waals surface area contributed by atoms with Gasteiger partial charge in [-0.3, -0.25) is 0 Å². The molecule has 0 radical (unpaired) electrons. The molecule has 0 aliphatic rings. The van der Waals surface area contributed by atoms with Crippen LogP contribution in [0.15, 0.2) is 42.5 Å². The standard InChI is InChI=1S/C17H23N3O/c1-12(2)21-17-15(18)9-10-16(20-17)19-13(3)11-14-7-5-4-6-8-14/h4-10,12-13H,11,18H2,1-3H3,(H,19,20). The van der Waals surface area contributed by atoms with E-state index < -0.39 is 0 Å². The second kappa shape index (κ2) is 6.97. The van der Waals surface area contributed by atoms with Crippen molar-refractivity contribution in [2.75, 3.05) is 11.1 Å². The number of benzene rings is 1. The van der Waals surface area contributed by atoms with Gasteiger partial charge in [0, 0.05) is 6.04 Å². The van der Waals surface area contributed by atoms with Crippen molar-refractivity contribution in [3.8, 4) is 5.88 Å². The molecule has 1 aromatic heterocycles. The second-order valence-corrected chi connectivity index (χ2v) is 5.49. The fourth-order valence-corrected chi connectivity index (χ4v) is 2.12. The van der Waals surface area contributed by atoms with Crippen molar-refractivity contribution in [3.05, 3.63) is 48.0 Å². The first kappa shape index (κ1) is 15.2. The van der Waals surface area contributed by atoms with Gasteiger partial charge in [0.15, 0.2) is 0 Å². The van der Waals surface area contributed by atoms with Crippen LogP contribution >= 0.6 is 0 Å². The van der Waals surface area contributed by atoms with Crippen LogP contribution in [0.4, 0.5) is 11.5 Å². The molecule has 1 atom stereocenters. The number of nitrogens with one attached hydrogen (secondary N) is 1. The highest BCUT2D eigenvalue weighted by Crippen LogP contribution is 2.22. The summed E-state index contributed by atoms with van der Waals surface area (Å²) < 4.78 is 5.61. The number of aromatic nitrogens is 1.